The van der Waals surface area contributed by atoms with Crippen molar-refractivity contribution in [1.82, 2.24) is 4.90 Å². The van der Waals surface area contributed by atoms with Crippen LogP contribution in [0.2, 0.25) is 0 Å². The van der Waals surface area contributed by atoms with E-state index in [9.17, 15) is 9.13 Å². The van der Waals surface area contributed by atoms with Crippen LogP contribution in [0.3, 0.4) is 0 Å². The molecule has 0 aromatic rings. The highest BCUT2D eigenvalue weighted by atomic mass is 31.2. The maximum atomic E-state index is 13.6. The average molecular weight is 383 g/mol. The average Bonchev–Trinajstić information content (AvgIpc) is 2.47. The van der Waals surface area contributed by atoms with Gasteiger partial charge in [0, 0.05) is 0 Å². The lowest BCUT2D eigenvalue weighted by atomic mass is 9.90. The minimum Gasteiger partial charge on any atom is -0.298 e. The molecule has 0 radical (unpaired) electrons. The molecule has 0 saturated carbocycles. The summed E-state index contributed by atoms with van der Waals surface area (Å²) in [6.45, 7) is 14.4. The van der Waals surface area contributed by atoms with Crippen LogP contribution in [0.5, 0.6) is 0 Å². The third kappa shape index (κ3) is 2.96. The SMILES string of the molecule is CN(C)C(P1(=O)OC(C)(C)C(C)(C)O1)P1(=O)OC(C)(C)C(C)(C)O1. The molecular formula is C15H31NO6P2. The van der Waals surface area contributed by atoms with Gasteiger partial charge in [-0.1, -0.05) is 0 Å². The first-order chi connectivity index (χ1) is 10.4. The molecule has 0 aromatic heterocycles. The minimum absolute atomic E-state index is 0.805. The zero-order valence-electron chi connectivity index (χ0n) is 16.4. The maximum Gasteiger partial charge on any atom is 0.361 e. The van der Waals surface area contributed by atoms with Crippen LogP contribution >= 0.6 is 15.2 Å². The molecule has 2 aliphatic heterocycles. The maximum absolute atomic E-state index is 13.6. The van der Waals surface area contributed by atoms with Crippen molar-refractivity contribution in [3.63, 3.8) is 0 Å². The van der Waals surface area contributed by atoms with Crippen molar-refractivity contribution in [3.05, 3.63) is 0 Å². The minimum atomic E-state index is -3.79. The van der Waals surface area contributed by atoms with Gasteiger partial charge in [-0.3, -0.25) is 32.1 Å². The molecule has 142 valence electrons. The Morgan fingerprint density at radius 2 is 0.833 bits per heavy atom. The van der Waals surface area contributed by atoms with Crippen LogP contribution in [0.15, 0.2) is 0 Å². The van der Waals surface area contributed by atoms with Crippen molar-refractivity contribution in [3.8, 4) is 0 Å². The van der Waals surface area contributed by atoms with E-state index in [4.69, 9.17) is 18.1 Å². The summed E-state index contributed by atoms with van der Waals surface area (Å²) in [5.41, 5.74) is -4.35. The van der Waals surface area contributed by atoms with E-state index in [0.29, 0.717) is 0 Å². The highest BCUT2D eigenvalue weighted by Crippen LogP contribution is 2.80. The van der Waals surface area contributed by atoms with Crippen molar-refractivity contribution >= 4 is 15.2 Å². The Balaban J connectivity index is 2.50. The molecule has 24 heavy (non-hydrogen) atoms. The fourth-order valence-electron chi connectivity index (χ4n) is 2.68. The second kappa shape index (κ2) is 5.39. The van der Waals surface area contributed by atoms with Crippen molar-refractivity contribution in [2.45, 2.75) is 83.3 Å². The van der Waals surface area contributed by atoms with Crippen molar-refractivity contribution in [1.29, 1.82) is 0 Å². The first-order valence-electron chi connectivity index (χ1n) is 8.08. The highest BCUT2D eigenvalue weighted by molar-refractivity contribution is 7.72. The lowest BCUT2D eigenvalue weighted by molar-refractivity contribution is 0.00578. The zero-order valence-corrected chi connectivity index (χ0v) is 18.2. The molecule has 2 aliphatic rings. The summed E-state index contributed by atoms with van der Waals surface area (Å²) < 4.78 is 50.6. The normalized spacial score (nSPS) is 31.7. The van der Waals surface area contributed by atoms with Crippen molar-refractivity contribution < 1.29 is 27.2 Å². The Kier molecular flexibility index (Phi) is 4.62. The fraction of sp³-hybridized carbons (Fsp3) is 1.00. The van der Waals surface area contributed by atoms with Gasteiger partial charge in [-0.05, 0) is 69.5 Å². The van der Waals surface area contributed by atoms with E-state index in [1.165, 1.54) is 0 Å². The first kappa shape index (κ1) is 20.6. The molecule has 0 spiro atoms. The van der Waals surface area contributed by atoms with E-state index >= 15 is 0 Å². The Morgan fingerprint density at radius 1 is 0.625 bits per heavy atom. The number of rotatable bonds is 3. The molecule has 2 heterocycles. The summed E-state index contributed by atoms with van der Waals surface area (Å²) in [6, 6.07) is 0. The predicted octanol–water partition coefficient (Wildman–Crippen LogP) is 4.43. The topological polar surface area (TPSA) is 74.3 Å². The third-order valence-corrected chi connectivity index (χ3v) is 11.9. The molecule has 0 bridgehead atoms. The van der Waals surface area contributed by atoms with Gasteiger partial charge in [-0.2, -0.15) is 0 Å². The molecule has 9 heteroatoms. The summed E-state index contributed by atoms with van der Waals surface area (Å²) in [5, 5.41) is 0. The summed E-state index contributed by atoms with van der Waals surface area (Å²) in [6.07, 6.45) is 0. The van der Waals surface area contributed by atoms with Gasteiger partial charge in [0.25, 0.3) is 0 Å². The molecule has 2 fully saturated rings. The van der Waals surface area contributed by atoms with Crippen LogP contribution in [-0.4, -0.2) is 46.9 Å². The lowest BCUT2D eigenvalue weighted by Crippen LogP contribution is -2.41. The van der Waals surface area contributed by atoms with Crippen molar-refractivity contribution in [2.75, 3.05) is 14.1 Å². The van der Waals surface area contributed by atoms with Crippen LogP contribution < -0.4 is 0 Å². The van der Waals surface area contributed by atoms with Gasteiger partial charge in [0.15, 0.2) is 0 Å². The van der Waals surface area contributed by atoms with E-state index in [1.54, 1.807) is 74.4 Å². The quantitative estimate of drug-likeness (QED) is 0.668. The summed E-state index contributed by atoms with van der Waals surface area (Å²) >= 11 is 0. The highest BCUT2D eigenvalue weighted by Gasteiger charge is 2.68. The van der Waals surface area contributed by atoms with Gasteiger partial charge >= 0.3 is 15.2 Å². The summed E-state index contributed by atoms with van der Waals surface area (Å²) in [7, 11) is -4.25. The van der Waals surface area contributed by atoms with Crippen LogP contribution in [-0.2, 0) is 27.2 Å². The van der Waals surface area contributed by atoms with Gasteiger partial charge in [0.1, 0.15) is 22.4 Å². The third-order valence-electron chi connectivity index (χ3n) is 5.35. The molecule has 0 N–H and O–H groups in total. The van der Waals surface area contributed by atoms with Gasteiger partial charge in [0.2, 0.25) is 5.52 Å². The Hall–Kier alpha value is 0.260. The predicted molar refractivity (Wildman–Crippen MR) is 93.3 cm³/mol. The van der Waals surface area contributed by atoms with E-state index in [-0.39, 0.29) is 0 Å². The summed E-state index contributed by atoms with van der Waals surface area (Å²) in [4.78, 5) is 1.55. The Morgan fingerprint density at radius 3 is 1.00 bits per heavy atom. The number of nitrogens with zero attached hydrogens (tertiary/aromatic N) is 1. The van der Waals surface area contributed by atoms with Crippen LogP contribution in [0.25, 0.3) is 0 Å². The van der Waals surface area contributed by atoms with Gasteiger partial charge < -0.3 is 0 Å². The molecule has 7 nitrogen and oxygen atoms in total. The Labute approximate surface area is 145 Å². The fourth-order valence-corrected chi connectivity index (χ4v) is 9.64. The largest absolute Gasteiger partial charge is 0.361 e. The molecule has 2 rings (SSSR count). The molecule has 0 aliphatic carbocycles. The summed E-state index contributed by atoms with van der Waals surface area (Å²) in [5.74, 6) is 0. The van der Waals surface area contributed by atoms with Crippen LogP contribution in [0.4, 0.5) is 0 Å². The molecule has 0 amide bonds. The van der Waals surface area contributed by atoms with E-state index in [1.807, 2.05) is 0 Å². The number of hydrogen-bond acceptors (Lipinski definition) is 7. The van der Waals surface area contributed by atoms with Crippen LogP contribution in [0, 0.1) is 0 Å². The van der Waals surface area contributed by atoms with Crippen molar-refractivity contribution in [2.24, 2.45) is 0 Å². The second-order valence-electron chi connectivity index (χ2n) is 8.80. The first-order valence-corrected chi connectivity index (χ1v) is 11.3. The molecule has 0 unspecified atom stereocenters. The smallest absolute Gasteiger partial charge is 0.298 e. The number of hydrogen-bond donors (Lipinski definition) is 0. The molecule has 0 aromatic carbocycles. The molecule has 0 atom stereocenters. The monoisotopic (exact) mass is 383 g/mol. The van der Waals surface area contributed by atoms with Gasteiger partial charge in [-0.25, -0.2) is 0 Å². The second-order valence-corrected chi connectivity index (χ2v) is 13.1. The van der Waals surface area contributed by atoms with Gasteiger partial charge in [-0.15, -0.1) is 0 Å². The van der Waals surface area contributed by atoms with Gasteiger partial charge in [0.05, 0.1) is 0 Å². The van der Waals surface area contributed by atoms with E-state index < -0.39 is 43.1 Å². The standard InChI is InChI=1S/C15H31NO6P2/c1-12(2)13(3,4)20-23(17,19-12)11(16(9)10)24(18)21-14(5,6)15(7,8)22-24/h11H,1-10H3. The molecular weight excluding hydrogens is 352 g/mol. The zero-order chi connectivity index (χ0) is 19.0. The van der Waals surface area contributed by atoms with E-state index in [2.05, 4.69) is 0 Å². The van der Waals surface area contributed by atoms with E-state index in [0.717, 1.165) is 0 Å². The Bertz CT molecular complexity index is 535. The molecule has 2 saturated heterocycles. The van der Waals surface area contributed by atoms with Crippen LogP contribution in [0.1, 0.15) is 55.4 Å². The lowest BCUT2D eigenvalue weighted by Gasteiger charge is -2.31.